The van der Waals surface area contributed by atoms with Gasteiger partial charge < -0.3 is 9.64 Å². The Morgan fingerprint density at radius 2 is 2.00 bits per heavy atom. The van der Waals surface area contributed by atoms with E-state index in [1.807, 2.05) is 26.0 Å². The molecule has 1 saturated heterocycles. The normalized spacial score (nSPS) is 14.5. The Kier molecular flexibility index (Phi) is 5.59. The molecule has 32 heavy (non-hydrogen) atoms. The van der Waals surface area contributed by atoms with Crippen LogP contribution in [0.5, 0.6) is 0 Å². The molecule has 3 aromatic heterocycles. The number of hydrogen-bond donors (Lipinski definition) is 2. The summed E-state index contributed by atoms with van der Waals surface area (Å²) in [6.45, 7) is 9.10. The maximum absolute atomic E-state index is 5.55. The second kappa shape index (κ2) is 8.68. The van der Waals surface area contributed by atoms with Crippen molar-refractivity contribution in [2.45, 2.75) is 20.8 Å². The van der Waals surface area contributed by atoms with Gasteiger partial charge in [-0.05, 0) is 32.4 Å². The molecule has 0 atom stereocenters. The zero-order chi connectivity index (χ0) is 22.1. The first-order valence-electron chi connectivity index (χ1n) is 10.6. The number of ether oxygens (including phenoxy) is 1. The number of benzene rings is 1. The van der Waals surface area contributed by atoms with Gasteiger partial charge >= 0.3 is 0 Å². The summed E-state index contributed by atoms with van der Waals surface area (Å²) >= 11 is 1.65. The van der Waals surface area contributed by atoms with Gasteiger partial charge in [-0.15, -0.1) is 11.3 Å². The Hall–Kier alpha value is -3.30. The Bertz CT molecular complexity index is 1270. The van der Waals surface area contributed by atoms with Crippen LogP contribution in [0.3, 0.4) is 0 Å². The van der Waals surface area contributed by atoms with Crippen LogP contribution in [0, 0.1) is 20.8 Å². The van der Waals surface area contributed by atoms with Crippen molar-refractivity contribution in [3.05, 3.63) is 52.8 Å². The van der Waals surface area contributed by atoms with Gasteiger partial charge in [-0.25, -0.2) is 10.4 Å². The van der Waals surface area contributed by atoms with E-state index < -0.39 is 0 Å². The first-order valence-corrected chi connectivity index (χ1v) is 11.4. The molecule has 0 unspecified atom stereocenters. The minimum Gasteiger partial charge on any atom is -0.378 e. The van der Waals surface area contributed by atoms with Crippen LogP contribution >= 0.6 is 11.3 Å². The SMILES string of the molecule is Cc1cccc(/C=N/Nc2nc(N3CCOCC3)c3cc(-c4c(C)n[nH]c4C)sc3n2)c1. The number of thiophene rings is 1. The van der Waals surface area contributed by atoms with Gasteiger partial charge in [0.2, 0.25) is 5.95 Å². The lowest BCUT2D eigenvalue weighted by molar-refractivity contribution is 0.122. The molecule has 164 valence electrons. The van der Waals surface area contributed by atoms with Gasteiger partial charge in [0.05, 0.1) is 30.5 Å². The number of rotatable bonds is 5. The number of nitrogens with one attached hydrogen (secondary N) is 2. The number of anilines is 2. The number of nitrogens with zero attached hydrogens (tertiary/aromatic N) is 5. The Morgan fingerprint density at radius 3 is 2.75 bits per heavy atom. The maximum Gasteiger partial charge on any atom is 0.246 e. The highest BCUT2D eigenvalue weighted by Gasteiger charge is 2.21. The maximum atomic E-state index is 5.55. The molecule has 8 nitrogen and oxygen atoms in total. The van der Waals surface area contributed by atoms with Crippen LogP contribution in [-0.4, -0.2) is 52.7 Å². The van der Waals surface area contributed by atoms with Crippen molar-refractivity contribution in [2.24, 2.45) is 5.10 Å². The zero-order valence-electron chi connectivity index (χ0n) is 18.3. The molecule has 4 aromatic rings. The van der Waals surface area contributed by atoms with Gasteiger partial charge in [-0.3, -0.25) is 5.10 Å². The van der Waals surface area contributed by atoms with E-state index in [-0.39, 0.29) is 0 Å². The summed E-state index contributed by atoms with van der Waals surface area (Å²) < 4.78 is 5.55. The van der Waals surface area contributed by atoms with E-state index in [0.29, 0.717) is 19.2 Å². The van der Waals surface area contributed by atoms with Gasteiger partial charge in [0.15, 0.2) is 0 Å². The van der Waals surface area contributed by atoms with Crippen LogP contribution in [0.2, 0.25) is 0 Å². The van der Waals surface area contributed by atoms with Crippen LogP contribution in [0.4, 0.5) is 11.8 Å². The molecule has 4 heterocycles. The van der Waals surface area contributed by atoms with Crippen LogP contribution in [0.1, 0.15) is 22.5 Å². The summed E-state index contributed by atoms with van der Waals surface area (Å²) in [5, 5.41) is 12.9. The lowest BCUT2D eigenvalue weighted by Gasteiger charge is -2.28. The molecule has 0 amide bonds. The molecule has 1 aromatic carbocycles. The van der Waals surface area contributed by atoms with E-state index in [4.69, 9.17) is 14.7 Å². The fourth-order valence-electron chi connectivity index (χ4n) is 3.92. The highest BCUT2D eigenvalue weighted by molar-refractivity contribution is 7.22. The van der Waals surface area contributed by atoms with Gasteiger partial charge in [-0.2, -0.15) is 15.2 Å². The Morgan fingerprint density at radius 1 is 1.16 bits per heavy atom. The average molecular weight is 448 g/mol. The molecule has 1 aliphatic heterocycles. The van der Waals surface area contributed by atoms with Crippen molar-refractivity contribution in [1.82, 2.24) is 20.2 Å². The fourth-order valence-corrected chi connectivity index (χ4v) is 5.10. The highest BCUT2D eigenvalue weighted by Crippen LogP contribution is 2.39. The third-order valence-corrected chi connectivity index (χ3v) is 6.52. The molecular weight excluding hydrogens is 422 g/mol. The lowest BCUT2D eigenvalue weighted by atomic mass is 10.1. The predicted octanol–water partition coefficient (Wildman–Crippen LogP) is 4.29. The summed E-state index contributed by atoms with van der Waals surface area (Å²) in [4.78, 5) is 13.9. The largest absolute Gasteiger partial charge is 0.378 e. The molecule has 0 bridgehead atoms. The average Bonchev–Trinajstić information content (AvgIpc) is 3.36. The topological polar surface area (TPSA) is 91.3 Å². The molecular formula is C23H25N7OS. The predicted molar refractivity (Wildman–Crippen MR) is 130 cm³/mol. The zero-order valence-corrected chi connectivity index (χ0v) is 19.2. The number of aryl methyl sites for hydroxylation is 3. The van der Waals surface area contributed by atoms with Crippen molar-refractivity contribution in [1.29, 1.82) is 0 Å². The van der Waals surface area contributed by atoms with E-state index in [0.717, 1.165) is 56.5 Å². The number of hydrogen-bond acceptors (Lipinski definition) is 8. The second-order valence-electron chi connectivity index (χ2n) is 7.89. The van der Waals surface area contributed by atoms with E-state index in [1.165, 1.54) is 5.56 Å². The molecule has 9 heteroatoms. The van der Waals surface area contributed by atoms with E-state index in [9.17, 15) is 0 Å². The van der Waals surface area contributed by atoms with Crippen LogP contribution in [0.15, 0.2) is 35.4 Å². The quantitative estimate of drug-likeness (QED) is 0.350. The van der Waals surface area contributed by atoms with E-state index in [1.54, 1.807) is 17.6 Å². The van der Waals surface area contributed by atoms with Crippen LogP contribution < -0.4 is 10.3 Å². The van der Waals surface area contributed by atoms with Crippen molar-refractivity contribution in [2.75, 3.05) is 36.6 Å². The molecule has 1 fully saturated rings. The number of hydrazone groups is 1. The minimum atomic E-state index is 0.483. The van der Waals surface area contributed by atoms with Gasteiger partial charge in [0.1, 0.15) is 10.6 Å². The van der Waals surface area contributed by atoms with Crippen LogP contribution in [0.25, 0.3) is 20.7 Å². The van der Waals surface area contributed by atoms with Crippen molar-refractivity contribution >= 4 is 39.5 Å². The molecule has 0 radical (unpaired) electrons. The molecule has 0 aliphatic carbocycles. The number of aromatic amines is 1. The summed E-state index contributed by atoms with van der Waals surface area (Å²) in [5.74, 6) is 1.39. The molecule has 5 rings (SSSR count). The number of morpholine rings is 1. The standard InChI is InChI=1S/C23H25N7OS/c1-14-5-4-6-17(11-14)13-24-29-23-25-21(30-7-9-31-10-8-30)18-12-19(32-22(18)26-23)20-15(2)27-28-16(20)3/h4-6,11-13H,7-10H2,1-3H3,(H,27,28)(H,25,26,29)/b24-13+. The smallest absolute Gasteiger partial charge is 0.246 e. The van der Waals surface area contributed by atoms with Gasteiger partial charge in [0.25, 0.3) is 0 Å². The molecule has 2 N–H and O–H groups in total. The summed E-state index contributed by atoms with van der Waals surface area (Å²) in [5.41, 5.74) is 8.41. The van der Waals surface area contributed by atoms with Crippen LogP contribution in [-0.2, 0) is 4.74 Å². The Labute approximate surface area is 190 Å². The number of aromatic nitrogens is 4. The van der Waals surface area contributed by atoms with Gasteiger partial charge in [0, 0.05) is 29.2 Å². The van der Waals surface area contributed by atoms with E-state index >= 15 is 0 Å². The molecule has 0 saturated carbocycles. The third-order valence-electron chi connectivity index (χ3n) is 5.48. The first kappa shape index (κ1) is 20.6. The second-order valence-corrected chi connectivity index (χ2v) is 8.92. The first-order chi connectivity index (χ1) is 15.6. The fraction of sp³-hybridized carbons (Fsp3) is 0.304. The summed E-state index contributed by atoms with van der Waals surface area (Å²) in [7, 11) is 0. The Balaban J connectivity index is 1.53. The highest BCUT2D eigenvalue weighted by atomic mass is 32.1. The minimum absolute atomic E-state index is 0.483. The third kappa shape index (κ3) is 4.09. The number of H-pyrrole nitrogens is 1. The molecule has 0 spiro atoms. The molecule has 1 aliphatic rings. The van der Waals surface area contributed by atoms with Crippen molar-refractivity contribution in [3.63, 3.8) is 0 Å². The van der Waals surface area contributed by atoms with Crippen molar-refractivity contribution in [3.8, 4) is 10.4 Å². The monoisotopic (exact) mass is 447 g/mol. The summed E-state index contributed by atoms with van der Waals surface area (Å²) in [6, 6.07) is 10.4. The summed E-state index contributed by atoms with van der Waals surface area (Å²) in [6.07, 6.45) is 1.78. The lowest BCUT2D eigenvalue weighted by Crippen LogP contribution is -2.37. The van der Waals surface area contributed by atoms with Gasteiger partial charge in [-0.1, -0.05) is 29.8 Å². The number of fused-ring (bicyclic) bond motifs is 1. The van der Waals surface area contributed by atoms with E-state index in [2.05, 4.69) is 50.7 Å². The van der Waals surface area contributed by atoms with Crippen molar-refractivity contribution < 1.29 is 4.74 Å².